The van der Waals surface area contributed by atoms with Crippen molar-refractivity contribution < 1.29 is 14.7 Å². The van der Waals surface area contributed by atoms with Gasteiger partial charge in [-0.05, 0) is 12.5 Å². The van der Waals surface area contributed by atoms with Crippen LogP contribution in [0.3, 0.4) is 0 Å². The van der Waals surface area contributed by atoms with Gasteiger partial charge >= 0.3 is 5.97 Å². The van der Waals surface area contributed by atoms with E-state index < -0.39 is 5.97 Å². The molecule has 0 aliphatic heterocycles. The Morgan fingerprint density at radius 2 is 1.84 bits per heavy atom. The second-order valence-corrected chi connectivity index (χ2v) is 5.73. The lowest BCUT2D eigenvalue weighted by Crippen LogP contribution is -2.12. The van der Waals surface area contributed by atoms with Crippen LogP contribution in [0.4, 0.5) is 0 Å². The van der Waals surface area contributed by atoms with Crippen molar-refractivity contribution in [2.24, 2.45) is 5.16 Å². The van der Waals surface area contributed by atoms with Crippen LogP contribution in [0, 0.1) is 0 Å². The summed E-state index contributed by atoms with van der Waals surface area (Å²) in [7, 11) is 0. The number of aromatic carboxylic acids is 1. The summed E-state index contributed by atoms with van der Waals surface area (Å²) < 4.78 is 1.90. The van der Waals surface area contributed by atoms with Crippen molar-refractivity contribution in [2.45, 2.75) is 19.9 Å². The van der Waals surface area contributed by atoms with Crippen LogP contribution in [-0.4, -0.2) is 28.0 Å². The summed E-state index contributed by atoms with van der Waals surface area (Å²) in [6, 6.07) is 17.3. The standard InChI is InChI=1S/C20H20N2O3/c1-2-12-25-21-18(15-8-4-3-5-9-15)14-22-13-17(20(23)24)16-10-6-7-11-19(16)22/h3-11,13H,2,12,14H2,1H3,(H,23,24)/b21-18+. The molecule has 3 aromatic rings. The number of carboxylic acid groups (broad SMARTS) is 1. The first-order valence-corrected chi connectivity index (χ1v) is 8.26. The van der Waals surface area contributed by atoms with Gasteiger partial charge in [-0.3, -0.25) is 0 Å². The fraction of sp³-hybridized carbons (Fsp3) is 0.200. The summed E-state index contributed by atoms with van der Waals surface area (Å²) >= 11 is 0. The monoisotopic (exact) mass is 336 g/mol. The molecule has 0 unspecified atom stereocenters. The molecular formula is C20H20N2O3. The minimum Gasteiger partial charge on any atom is -0.478 e. The van der Waals surface area contributed by atoms with E-state index in [1.54, 1.807) is 6.20 Å². The molecule has 0 amide bonds. The van der Waals surface area contributed by atoms with Crippen molar-refractivity contribution in [3.8, 4) is 0 Å². The zero-order chi connectivity index (χ0) is 17.6. The Morgan fingerprint density at radius 1 is 1.12 bits per heavy atom. The lowest BCUT2D eigenvalue weighted by molar-refractivity contribution is 0.0699. The first-order chi connectivity index (χ1) is 12.2. The van der Waals surface area contributed by atoms with E-state index in [1.165, 1.54) is 0 Å². The van der Waals surface area contributed by atoms with E-state index in [-0.39, 0.29) is 5.56 Å². The van der Waals surface area contributed by atoms with E-state index in [0.29, 0.717) is 13.2 Å². The third-order valence-electron chi connectivity index (χ3n) is 3.92. The van der Waals surface area contributed by atoms with E-state index in [4.69, 9.17) is 4.84 Å². The SMILES string of the molecule is CCCO/N=C(\Cn1cc(C(=O)O)c2ccccc21)c1ccccc1. The molecule has 3 rings (SSSR count). The molecule has 0 saturated carbocycles. The second-order valence-electron chi connectivity index (χ2n) is 5.73. The summed E-state index contributed by atoms with van der Waals surface area (Å²) in [5, 5.41) is 14.5. The highest BCUT2D eigenvalue weighted by molar-refractivity contribution is 6.05. The molecule has 0 atom stereocenters. The molecule has 25 heavy (non-hydrogen) atoms. The number of aromatic nitrogens is 1. The van der Waals surface area contributed by atoms with E-state index in [2.05, 4.69) is 5.16 Å². The molecule has 0 bridgehead atoms. The van der Waals surface area contributed by atoms with Gasteiger partial charge in [-0.1, -0.05) is 60.6 Å². The van der Waals surface area contributed by atoms with Crippen LogP contribution in [0.25, 0.3) is 10.9 Å². The number of carbonyl (C=O) groups is 1. The van der Waals surface area contributed by atoms with Gasteiger partial charge in [-0.25, -0.2) is 4.79 Å². The van der Waals surface area contributed by atoms with Gasteiger partial charge in [0.05, 0.1) is 12.1 Å². The number of hydrogen-bond acceptors (Lipinski definition) is 3. The number of oxime groups is 1. The van der Waals surface area contributed by atoms with Crippen LogP contribution < -0.4 is 0 Å². The molecule has 1 aromatic heterocycles. The van der Waals surface area contributed by atoms with Crippen molar-refractivity contribution in [3.63, 3.8) is 0 Å². The summed E-state index contributed by atoms with van der Waals surface area (Å²) in [4.78, 5) is 16.9. The molecule has 0 spiro atoms. The van der Waals surface area contributed by atoms with Crippen LogP contribution in [0.2, 0.25) is 0 Å². The minimum absolute atomic E-state index is 0.289. The van der Waals surface area contributed by atoms with Crippen LogP contribution in [0.1, 0.15) is 29.3 Å². The van der Waals surface area contributed by atoms with Crippen LogP contribution in [0.5, 0.6) is 0 Å². The molecule has 2 aromatic carbocycles. The maximum absolute atomic E-state index is 11.5. The topological polar surface area (TPSA) is 63.8 Å². The van der Waals surface area contributed by atoms with Gasteiger partial charge in [0.25, 0.3) is 0 Å². The molecule has 5 nitrogen and oxygen atoms in total. The smallest absolute Gasteiger partial charge is 0.337 e. The van der Waals surface area contributed by atoms with E-state index in [9.17, 15) is 9.90 Å². The summed E-state index contributed by atoms with van der Waals surface area (Å²) in [6.45, 7) is 3.00. The molecule has 5 heteroatoms. The first-order valence-electron chi connectivity index (χ1n) is 8.26. The number of nitrogens with zero attached hydrogens (tertiary/aromatic N) is 2. The average molecular weight is 336 g/mol. The Morgan fingerprint density at radius 3 is 2.56 bits per heavy atom. The quantitative estimate of drug-likeness (QED) is 0.400. The van der Waals surface area contributed by atoms with Crippen LogP contribution in [-0.2, 0) is 11.4 Å². The minimum atomic E-state index is -0.935. The zero-order valence-electron chi connectivity index (χ0n) is 14.1. The van der Waals surface area contributed by atoms with Crippen molar-refractivity contribution in [3.05, 3.63) is 71.9 Å². The number of hydrogen-bond donors (Lipinski definition) is 1. The van der Waals surface area contributed by atoms with E-state index in [0.717, 1.165) is 28.6 Å². The predicted molar refractivity (Wildman–Crippen MR) is 98.1 cm³/mol. The van der Waals surface area contributed by atoms with E-state index >= 15 is 0 Å². The number of fused-ring (bicyclic) bond motifs is 1. The number of carboxylic acids is 1. The Kier molecular flexibility index (Phi) is 5.14. The Balaban J connectivity index is 2.01. The highest BCUT2D eigenvalue weighted by Crippen LogP contribution is 2.22. The highest BCUT2D eigenvalue weighted by atomic mass is 16.6. The average Bonchev–Trinajstić information content (AvgIpc) is 3.01. The normalized spacial score (nSPS) is 11.6. The van der Waals surface area contributed by atoms with Gasteiger partial charge in [-0.2, -0.15) is 0 Å². The fourth-order valence-electron chi connectivity index (χ4n) is 2.73. The summed E-state index contributed by atoms with van der Waals surface area (Å²) in [5.74, 6) is -0.935. The zero-order valence-corrected chi connectivity index (χ0v) is 14.1. The third kappa shape index (κ3) is 3.71. The maximum Gasteiger partial charge on any atom is 0.337 e. The Bertz CT molecular complexity index is 898. The van der Waals surface area contributed by atoms with E-state index in [1.807, 2.05) is 66.1 Å². The largest absolute Gasteiger partial charge is 0.478 e. The van der Waals surface area contributed by atoms with Crippen LogP contribution >= 0.6 is 0 Å². The Labute approximate surface area is 146 Å². The number of benzene rings is 2. The van der Waals surface area contributed by atoms with Gasteiger partial charge < -0.3 is 14.5 Å². The summed E-state index contributed by atoms with van der Waals surface area (Å²) in [6.07, 6.45) is 2.53. The number of para-hydroxylation sites is 1. The Hall–Kier alpha value is -3.08. The van der Waals surface area contributed by atoms with Crippen molar-refractivity contribution in [1.82, 2.24) is 4.57 Å². The highest BCUT2D eigenvalue weighted by Gasteiger charge is 2.15. The van der Waals surface area contributed by atoms with Crippen molar-refractivity contribution in [1.29, 1.82) is 0 Å². The maximum atomic E-state index is 11.5. The molecule has 0 fully saturated rings. The van der Waals surface area contributed by atoms with Gasteiger partial charge in [0.15, 0.2) is 0 Å². The molecule has 128 valence electrons. The van der Waals surface area contributed by atoms with Gasteiger partial charge in [0.2, 0.25) is 0 Å². The number of rotatable bonds is 7. The van der Waals surface area contributed by atoms with Crippen LogP contribution in [0.15, 0.2) is 65.9 Å². The van der Waals surface area contributed by atoms with Crippen molar-refractivity contribution in [2.75, 3.05) is 6.61 Å². The molecule has 1 N–H and O–H groups in total. The summed E-state index contributed by atoms with van der Waals surface area (Å²) in [5.41, 5.74) is 2.86. The molecule has 0 saturated heterocycles. The first kappa shape index (κ1) is 16.8. The van der Waals surface area contributed by atoms with Gasteiger partial charge in [-0.15, -0.1) is 0 Å². The molecular weight excluding hydrogens is 316 g/mol. The van der Waals surface area contributed by atoms with Gasteiger partial charge in [0.1, 0.15) is 12.3 Å². The lowest BCUT2D eigenvalue weighted by atomic mass is 10.1. The van der Waals surface area contributed by atoms with Gasteiger partial charge in [0, 0.05) is 22.7 Å². The molecule has 0 aliphatic rings. The lowest BCUT2D eigenvalue weighted by Gasteiger charge is -2.09. The third-order valence-corrected chi connectivity index (χ3v) is 3.92. The molecule has 1 heterocycles. The van der Waals surface area contributed by atoms with Crippen molar-refractivity contribution >= 4 is 22.6 Å². The fourth-order valence-corrected chi connectivity index (χ4v) is 2.73. The predicted octanol–water partition coefficient (Wildman–Crippen LogP) is 4.17. The second kappa shape index (κ2) is 7.66. The molecule has 0 aliphatic carbocycles. The molecule has 0 radical (unpaired) electrons.